The maximum Gasteiger partial charge on any atom is 0.227 e. The number of rotatable bonds is 5. The molecule has 1 aromatic carbocycles. The predicted molar refractivity (Wildman–Crippen MR) is 90.4 cm³/mol. The van der Waals surface area contributed by atoms with Gasteiger partial charge >= 0.3 is 0 Å². The first-order valence-corrected chi connectivity index (χ1v) is 7.81. The molecule has 120 valence electrons. The number of hydrogen-bond donors (Lipinski definition) is 1. The minimum absolute atomic E-state index is 0.713. The van der Waals surface area contributed by atoms with Gasteiger partial charge in [-0.3, -0.25) is 4.79 Å². The lowest BCUT2D eigenvalue weighted by molar-refractivity contribution is -0.118. The molecular weight excluding hydrogens is 290 g/mol. The van der Waals surface area contributed by atoms with Crippen molar-refractivity contribution in [3.05, 3.63) is 47.7 Å². The van der Waals surface area contributed by atoms with Crippen LogP contribution in [0.2, 0.25) is 0 Å². The van der Waals surface area contributed by atoms with Crippen molar-refractivity contribution >= 4 is 18.2 Å². The van der Waals surface area contributed by atoms with Gasteiger partial charge in [0, 0.05) is 38.9 Å². The second kappa shape index (κ2) is 7.09. The van der Waals surface area contributed by atoms with E-state index in [9.17, 15) is 4.79 Å². The second-order valence-corrected chi connectivity index (χ2v) is 5.71. The van der Waals surface area contributed by atoms with Gasteiger partial charge in [-0.05, 0) is 18.6 Å². The monoisotopic (exact) mass is 311 g/mol. The van der Waals surface area contributed by atoms with Gasteiger partial charge in [-0.1, -0.05) is 29.8 Å². The van der Waals surface area contributed by atoms with Gasteiger partial charge in [-0.25, -0.2) is 4.98 Å². The number of aromatic nitrogens is 2. The summed E-state index contributed by atoms with van der Waals surface area (Å²) in [6.45, 7) is 5.78. The van der Waals surface area contributed by atoms with Crippen LogP contribution in [-0.4, -0.2) is 47.5 Å². The zero-order valence-electron chi connectivity index (χ0n) is 13.3. The van der Waals surface area contributed by atoms with Crippen LogP contribution in [0.15, 0.2) is 36.5 Å². The Bertz CT molecular complexity index is 668. The number of benzene rings is 1. The van der Waals surface area contributed by atoms with E-state index in [-0.39, 0.29) is 0 Å². The molecule has 1 amide bonds. The van der Waals surface area contributed by atoms with Crippen molar-refractivity contribution in [3.63, 3.8) is 0 Å². The highest BCUT2D eigenvalue weighted by molar-refractivity contribution is 5.49. The first kappa shape index (κ1) is 15.3. The second-order valence-electron chi connectivity index (χ2n) is 5.71. The van der Waals surface area contributed by atoms with Crippen LogP contribution in [0.4, 0.5) is 11.8 Å². The van der Waals surface area contributed by atoms with Crippen LogP contribution in [0.3, 0.4) is 0 Å². The average molecular weight is 311 g/mol. The molecule has 0 saturated carbocycles. The van der Waals surface area contributed by atoms with Gasteiger partial charge in [0.1, 0.15) is 5.82 Å². The van der Waals surface area contributed by atoms with Crippen LogP contribution >= 0.6 is 0 Å². The summed E-state index contributed by atoms with van der Waals surface area (Å²) in [6.07, 6.45) is 2.67. The van der Waals surface area contributed by atoms with E-state index in [1.807, 2.05) is 6.07 Å². The van der Waals surface area contributed by atoms with Gasteiger partial charge in [0.05, 0.1) is 0 Å². The van der Waals surface area contributed by atoms with Crippen LogP contribution < -0.4 is 10.2 Å². The van der Waals surface area contributed by atoms with Gasteiger partial charge < -0.3 is 15.1 Å². The molecule has 23 heavy (non-hydrogen) atoms. The number of anilines is 2. The fraction of sp³-hybridized carbons (Fsp3) is 0.353. The Hall–Kier alpha value is -2.63. The van der Waals surface area contributed by atoms with Gasteiger partial charge in [0.25, 0.3) is 0 Å². The summed E-state index contributed by atoms with van der Waals surface area (Å²) in [5.74, 6) is 1.53. The van der Waals surface area contributed by atoms with E-state index in [1.54, 1.807) is 11.1 Å². The maximum absolute atomic E-state index is 10.8. The third-order valence-electron chi connectivity index (χ3n) is 3.95. The highest BCUT2D eigenvalue weighted by atomic mass is 16.1. The minimum atomic E-state index is 0.713. The number of carbonyl (C=O) groups is 1. The molecule has 0 atom stereocenters. The molecular formula is C17H21N5O. The van der Waals surface area contributed by atoms with E-state index in [0.717, 1.165) is 31.9 Å². The highest BCUT2D eigenvalue weighted by Gasteiger charge is 2.17. The van der Waals surface area contributed by atoms with Crippen LogP contribution in [0, 0.1) is 6.92 Å². The van der Waals surface area contributed by atoms with Gasteiger partial charge in [-0.15, -0.1) is 0 Å². The Kier molecular flexibility index (Phi) is 4.71. The predicted octanol–water partition coefficient (Wildman–Crippen LogP) is 1.68. The zero-order chi connectivity index (χ0) is 16.1. The molecule has 1 fully saturated rings. The van der Waals surface area contributed by atoms with Gasteiger partial charge in [0.15, 0.2) is 0 Å². The lowest BCUT2D eigenvalue weighted by atomic mass is 10.1. The Morgan fingerprint density at radius 2 is 2.04 bits per heavy atom. The van der Waals surface area contributed by atoms with Crippen molar-refractivity contribution in [2.45, 2.75) is 13.5 Å². The van der Waals surface area contributed by atoms with Crippen molar-refractivity contribution in [1.82, 2.24) is 14.9 Å². The number of amides is 1. The molecule has 0 spiro atoms. The smallest absolute Gasteiger partial charge is 0.227 e. The summed E-state index contributed by atoms with van der Waals surface area (Å²) in [4.78, 5) is 23.6. The Labute approximate surface area is 136 Å². The molecule has 0 radical (unpaired) electrons. The van der Waals surface area contributed by atoms with E-state index in [4.69, 9.17) is 0 Å². The van der Waals surface area contributed by atoms with E-state index >= 15 is 0 Å². The molecule has 0 bridgehead atoms. The van der Waals surface area contributed by atoms with E-state index in [2.05, 4.69) is 51.4 Å². The molecule has 1 aliphatic rings. The molecule has 1 aromatic heterocycles. The summed E-state index contributed by atoms with van der Waals surface area (Å²) < 4.78 is 0. The van der Waals surface area contributed by atoms with E-state index in [1.165, 1.54) is 11.1 Å². The molecule has 0 aliphatic carbocycles. The summed E-state index contributed by atoms with van der Waals surface area (Å²) in [5.41, 5.74) is 2.48. The topological polar surface area (TPSA) is 61.4 Å². The zero-order valence-corrected chi connectivity index (χ0v) is 13.3. The van der Waals surface area contributed by atoms with Crippen molar-refractivity contribution in [1.29, 1.82) is 0 Å². The Morgan fingerprint density at radius 3 is 2.78 bits per heavy atom. The molecule has 6 nitrogen and oxygen atoms in total. The fourth-order valence-corrected chi connectivity index (χ4v) is 2.64. The van der Waals surface area contributed by atoms with Gasteiger partial charge in [0.2, 0.25) is 12.4 Å². The van der Waals surface area contributed by atoms with Crippen molar-refractivity contribution in [2.24, 2.45) is 0 Å². The molecule has 1 saturated heterocycles. The van der Waals surface area contributed by atoms with Crippen LogP contribution in [0.5, 0.6) is 0 Å². The average Bonchev–Trinajstić information content (AvgIpc) is 2.60. The number of nitrogens with zero attached hydrogens (tertiary/aromatic N) is 4. The summed E-state index contributed by atoms with van der Waals surface area (Å²) in [5, 5.41) is 3.34. The van der Waals surface area contributed by atoms with Crippen molar-refractivity contribution in [2.75, 3.05) is 36.4 Å². The van der Waals surface area contributed by atoms with Crippen molar-refractivity contribution < 1.29 is 4.79 Å². The summed E-state index contributed by atoms with van der Waals surface area (Å²) in [7, 11) is 0. The number of hydrogen-bond acceptors (Lipinski definition) is 5. The normalized spacial score (nSPS) is 14.7. The minimum Gasteiger partial charge on any atom is -0.366 e. The van der Waals surface area contributed by atoms with E-state index < -0.39 is 0 Å². The molecule has 6 heteroatoms. The number of nitrogens with one attached hydrogen (secondary N) is 1. The lowest BCUT2D eigenvalue weighted by Crippen LogP contribution is -2.46. The standard InChI is InChI=1S/C17H21N5O/c1-14-3-2-4-15(11-14)12-19-16-5-6-18-17(20-16)22-9-7-21(13-23)8-10-22/h2-6,11,13H,7-10,12H2,1H3,(H,18,19,20). The largest absolute Gasteiger partial charge is 0.366 e. The molecule has 1 N–H and O–H groups in total. The SMILES string of the molecule is Cc1cccc(CNc2ccnc(N3CCN(C=O)CC3)n2)c1. The third-order valence-corrected chi connectivity index (χ3v) is 3.95. The van der Waals surface area contributed by atoms with Gasteiger partial charge in [-0.2, -0.15) is 4.98 Å². The lowest BCUT2D eigenvalue weighted by Gasteiger charge is -2.32. The molecule has 1 aliphatic heterocycles. The van der Waals surface area contributed by atoms with Crippen molar-refractivity contribution in [3.8, 4) is 0 Å². The first-order chi connectivity index (χ1) is 11.2. The fourth-order valence-electron chi connectivity index (χ4n) is 2.64. The first-order valence-electron chi connectivity index (χ1n) is 7.81. The number of aryl methyl sites for hydroxylation is 1. The molecule has 2 heterocycles. The maximum atomic E-state index is 10.8. The quantitative estimate of drug-likeness (QED) is 0.851. The molecule has 3 rings (SSSR count). The van der Waals surface area contributed by atoms with Crippen LogP contribution in [-0.2, 0) is 11.3 Å². The number of piperazine rings is 1. The molecule has 0 unspecified atom stereocenters. The van der Waals surface area contributed by atoms with Crippen LogP contribution in [0.25, 0.3) is 0 Å². The Balaban J connectivity index is 1.62. The highest BCUT2D eigenvalue weighted by Crippen LogP contribution is 2.14. The number of carbonyl (C=O) groups excluding carboxylic acids is 1. The summed E-state index contributed by atoms with van der Waals surface area (Å²) in [6, 6.07) is 10.3. The molecule has 2 aromatic rings. The third kappa shape index (κ3) is 3.97. The van der Waals surface area contributed by atoms with E-state index in [0.29, 0.717) is 19.0 Å². The summed E-state index contributed by atoms with van der Waals surface area (Å²) >= 11 is 0. The Morgan fingerprint density at radius 1 is 1.22 bits per heavy atom. The van der Waals surface area contributed by atoms with Crippen LogP contribution in [0.1, 0.15) is 11.1 Å².